The number of ether oxygens (including phenoxy) is 4. The standard InChI is InChI=1S/C28H37N3O6/c1-18(32)30-22-8-6-19-16-25(34-2)27(35-3)28(36-4)26(19)20-7-9-23(24(33)17-21(20)22)29-10-5-11-31-12-14-37-15-13-31/h7,9,16-17,22H,5-6,8,10-15H2,1-4H3,(H,29,33)(H,30,32)/p+1/t22-/m0/s1. The van der Waals surface area contributed by atoms with Gasteiger partial charge in [0.25, 0.3) is 0 Å². The van der Waals surface area contributed by atoms with Gasteiger partial charge in [-0.05, 0) is 47.7 Å². The molecule has 1 heterocycles. The first-order chi connectivity index (χ1) is 18.0. The van der Waals surface area contributed by atoms with E-state index in [1.807, 2.05) is 18.2 Å². The number of hydrogen-bond acceptors (Lipinski definition) is 7. The minimum atomic E-state index is -0.320. The van der Waals surface area contributed by atoms with Gasteiger partial charge >= 0.3 is 0 Å². The molecule has 9 nitrogen and oxygen atoms in total. The van der Waals surface area contributed by atoms with Crippen LogP contribution in [0, 0.1) is 0 Å². The SMILES string of the molecule is COc1cc2c(c(OC)c1OC)-c1ccc(NCCC[NH+]3CCOCC3)c(=O)cc1[C@@H](NC(C)=O)CC2. The second-order valence-corrected chi connectivity index (χ2v) is 9.49. The first kappa shape index (κ1) is 26.8. The topological polar surface area (TPSA) is 99.6 Å². The first-order valence-electron chi connectivity index (χ1n) is 12.9. The van der Waals surface area contributed by atoms with Crippen LogP contribution in [-0.2, 0) is 16.0 Å². The van der Waals surface area contributed by atoms with Crippen molar-refractivity contribution < 1.29 is 28.6 Å². The van der Waals surface area contributed by atoms with Crippen molar-refractivity contribution in [2.45, 2.75) is 32.2 Å². The van der Waals surface area contributed by atoms with Crippen LogP contribution in [0.4, 0.5) is 5.69 Å². The van der Waals surface area contributed by atoms with Crippen molar-refractivity contribution in [3.63, 3.8) is 0 Å². The van der Waals surface area contributed by atoms with Crippen LogP contribution in [-0.4, -0.2) is 66.6 Å². The van der Waals surface area contributed by atoms with Crippen LogP contribution in [0.1, 0.15) is 36.9 Å². The maximum Gasteiger partial charge on any atom is 0.217 e. The molecule has 0 aromatic heterocycles. The summed E-state index contributed by atoms with van der Waals surface area (Å²) in [5, 5.41) is 6.38. The van der Waals surface area contributed by atoms with E-state index in [1.54, 1.807) is 27.4 Å². The molecule has 1 amide bonds. The van der Waals surface area contributed by atoms with Crippen LogP contribution in [0.5, 0.6) is 17.2 Å². The molecule has 2 aliphatic rings. The number of nitrogens with one attached hydrogen (secondary N) is 3. The average Bonchev–Trinajstić information content (AvgIpc) is 3.14. The molecule has 0 unspecified atom stereocenters. The summed E-state index contributed by atoms with van der Waals surface area (Å²) < 4.78 is 22.5. The van der Waals surface area contributed by atoms with Gasteiger partial charge in [-0.25, -0.2) is 0 Å². The Morgan fingerprint density at radius 3 is 2.51 bits per heavy atom. The number of anilines is 1. The third kappa shape index (κ3) is 5.99. The van der Waals surface area contributed by atoms with E-state index in [-0.39, 0.29) is 17.4 Å². The maximum absolute atomic E-state index is 13.3. The lowest BCUT2D eigenvalue weighted by Crippen LogP contribution is -3.14. The Kier molecular flexibility index (Phi) is 8.89. The number of rotatable bonds is 9. The number of quaternary nitrogens is 1. The summed E-state index contributed by atoms with van der Waals surface area (Å²) in [5.41, 5.74) is 3.86. The lowest BCUT2D eigenvalue weighted by Gasteiger charge is -2.23. The average molecular weight is 513 g/mol. The first-order valence-corrected chi connectivity index (χ1v) is 12.9. The summed E-state index contributed by atoms with van der Waals surface area (Å²) in [7, 11) is 4.77. The summed E-state index contributed by atoms with van der Waals surface area (Å²) in [6.45, 7) is 6.91. The largest absolute Gasteiger partial charge is 0.493 e. The number of carbonyl (C=O) groups excluding carboxylic acids is 1. The lowest BCUT2D eigenvalue weighted by molar-refractivity contribution is -0.908. The second-order valence-electron chi connectivity index (χ2n) is 9.49. The van der Waals surface area contributed by atoms with Crippen LogP contribution >= 0.6 is 0 Å². The Bertz CT molecular complexity index is 1180. The highest BCUT2D eigenvalue weighted by atomic mass is 16.5. The molecule has 0 radical (unpaired) electrons. The quantitative estimate of drug-likeness (QED) is 0.439. The Morgan fingerprint density at radius 2 is 1.84 bits per heavy atom. The van der Waals surface area contributed by atoms with Crippen molar-refractivity contribution in [3.8, 4) is 28.4 Å². The second kappa shape index (κ2) is 12.3. The summed E-state index contributed by atoms with van der Waals surface area (Å²) >= 11 is 0. The van der Waals surface area contributed by atoms with Crippen molar-refractivity contribution >= 4 is 11.6 Å². The lowest BCUT2D eigenvalue weighted by atomic mass is 9.95. The summed E-state index contributed by atoms with van der Waals surface area (Å²) in [5.74, 6) is 1.47. The number of aryl methyl sites for hydroxylation is 1. The minimum Gasteiger partial charge on any atom is -0.493 e. The fourth-order valence-electron chi connectivity index (χ4n) is 5.33. The van der Waals surface area contributed by atoms with E-state index >= 15 is 0 Å². The van der Waals surface area contributed by atoms with E-state index in [2.05, 4.69) is 10.6 Å². The van der Waals surface area contributed by atoms with E-state index in [0.717, 1.165) is 61.5 Å². The van der Waals surface area contributed by atoms with Crippen LogP contribution in [0.3, 0.4) is 0 Å². The van der Waals surface area contributed by atoms with Gasteiger partial charge in [0.1, 0.15) is 13.1 Å². The zero-order chi connectivity index (χ0) is 26.4. The normalized spacial score (nSPS) is 17.1. The Hall–Kier alpha value is -3.30. The number of fused-ring (bicyclic) bond motifs is 3. The molecule has 37 heavy (non-hydrogen) atoms. The number of amides is 1. The molecule has 4 rings (SSSR count). The van der Waals surface area contributed by atoms with E-state index in [9.17, 15) is 9.59 Å². The van der Waals surface area contributed by atoms with Crippen molar-refractivity contribution in [1.82, 2.24) is 5.32 Å². The van der Waals surface area contributed by atoms with Gasteiger partial charge in [0, 0.05) is 25.5 Å². The third-order valence-corrected chi connectivity index (χ3v) is 7.14. The zero-order valence-corrected chi connectivity index (χ0v) is 22.2. The van der Waals surface area contributed by atoms with Crippen LogP contribution < -0.4 is 35.2 Å². The molecular formula is C28H38N3O6+. The summed E-state index contributed by atoms with van der Waals surface area (Å²) in [4.78, 5) is 27.0. The summed E-state index contributed by atoms with van der Waals surface area (Å²) in [6, 6.07) is 7.06. The molecule has 1 aliphatic heterocycles. The Balaban J connectivity index is 1.73. The molecule has 1 aliphatic carbocycles. The van der Waals surface area contributed by atoms with E-state index < -0.39 is 0 Å². The molecule has 200 valence electrons. The number of benzene rings is 1. The minimum absolute atomic E-state index is 0.113. The number of hydrogen-bond donors (Lipinski definition) is 3. The van der Waals surface area contributed by atoms with Crippen molar-refractivity contribution in [2.75, 3.05) is 66.0 Å². The smallest absolute Gasteiger partial charge is 0.217 e. The van der Waals surface area contributed by atoms with Gasteiger partial charge in [-0.15, -0.1) is 0 Å². The molecule has 1 saturated heterocycles. The van der Waals surface area contributed by atoms with Gasteiger partial charge in [0.2, 0.25) is 17.1 Å². The predicted octanol–water partition coefficient (Wildman–Crippen LogP) is 1.58. The fraction of sp³-hybridized carbons (Fsp3) is 0.500. The van der Waals surface area contributed by atoms with Gasteiger partial charge in [0.15, 0.2) is 11.5 Å². The molecule has 2 aromatic carbocycles. The molecule has 2 aromatic rings. The zero-order valence-electron chi connectivity index (χ0n) is 22.2. The van der Waals surface area contributed by atoms with Gasteiger partial charge < -0.3 is 34.5 Å². The molecular weight excluding hydrogens is 474 g/mol. The third-order valence-electron chi connectivity index (χ3n) is 7.14. The number of methoxy groups -OCH3 is 3. The van der Waals surface area contributed by atoms with Gasteiger partial charge in [-0.1, -0.05) is 6.07 Å². The van der Waals surface area contributed by atoms with Crippen molar-refractivity contribution in [2.24, 2.45) is 0 Å². The fourth-order valence-corrected chi connectivity index (χ4v) is 5.33. The Morgan fingerprint density at radius 1 is 1.08 bits per heavy atom. The molecule has 1 fully saturated rings. The maximum atomic E-state index is 13.3. The highest BCUT2D eigenvalue weighted by molar-refractivity contribution is 5.83. The van der Waals surface area contributed by atoms with Gasteiger partial charge in [-0.3, -0.25) is 9.59 Å². The van der Waals surface area contributed by atoms with E-state index in [4.69, 9.17) is 18.9 Å². The number of carbonyl (C=O) groups is 1. The molecule has 0 bridgehead atoms. The molecule has 0 saturated carbocycles. The highest BCUT2D eigenvalue weighted by Crippen LogP contribution is 2.50. The van der Waals surface area contributed by atoms with Crippen LogP contribution in [0.2, 0.25) is 0 Å². The van der Waals surface area contributed by atoms with Crippen molar-refractivity contribution in [1.29, 1.82) is 0 Å². The van der Waals surface area contributed by atoms with Gasteiger partial charge in [0.05, 0.1) is 52.8 Å². The van der Waals surface area contributed by atoms with Crippen LogP contribution in [0.15, 0.2) is 29.1 Å². The summed E-state index contributed by atoms with van der Waals surface area (Å²) in [6.07, 6.45) is 2.25. The number of morpholine rings is 1. The highest BCUT2D eigenvalue weighted by Gasteiger charge is 2.29. The molecule has 1 atom stereocenters. The van der Waals surface area contributed by atoms with E-state index in [1.165, 1.54) is 11.8 Å². The van der Waals surface area contributed by atoms with E-state index in [0.29, 0.717) is 42.3 Å². The Labute approximate surface area is 218 Å². The van der Waals surface area contributed by atoms with Crippen LogP contribution in [0.25, 0.3) is 11.1 Å². The molecule has 3 N–H and O–H groups in total. The van der Waals surface area contributed by atoms with Crippen molar-refractivity contribution in [3.05, 3.63) is 45.6 Å². The monoisotopic (exact) mass is 512 g/mol. The molecule has 0 spiro atoms. The van der Waals surface area contributed by atoms with Gasteiger partial charge in [-0.2, -0.15) is 0 Å². The predicted molar refractivity (Wildman–Crippen MR) is 142 cm³/mol. The molecule has 9 heteroatoms.